The molecule has 1 heterocycles. The Morgan fingerprint density at radius 2 is 2.19 bits per heavy atom. The highest BCUT2D eigenvalue weighted by Crippen LogP contribution is 2.24. The van der Waals surface area contributed by atoms with Crippen molar-refractivity contribution >= 4 is 28.9 Å². The zero-order valence-corrected chi connectivity index (χ0v) is 13.2. The lowest BCUT2D eigenvalue weighted by atomic mass is 9.94. The first kappa shape index (κ1) is 15.7. The fourth-order valence-corrected chi connectivity index (χ4v) is 2.69. The Bertz CT molecular complexity index is 545. The number of amides is 1. The lowest BCUT2D eigenvalue weighted by molar-refractivity contribution is -0.120. The molecule has 0 fully saturated rings. The number of nitrogens with zero attached hydrogens (tertiary/aromatic N) is 1. The Balaban J connectivity index is 2.10. The molecule has 0 unspecified atom stereocenters. The number of thiocarbonyl (C=S) groups is 1. The second-order valence-corrected chi connectivity index (χ2v) is 5.63. The van der Waals surface area contributed by atoms with Crippen molar-refractivity contribution in [3.63, 3.8) is 0 Å². The average molecular weight is 306 g/mol. The second kappa shape index (κ2) is 7.36. The van der Waals surface area contributed by atoms with Crippen molar-refractivity contribution in [1.29, 1.82) is 0 Å². The minimum absolute atomic E-state index is 0.0276. The number of nitrogens with two attached hydrogens (primary N) is 1. The number of aryl methyl sites for hydroxylation is 2. The highest BCUT2D eigenvalue weighted by molar-refractivity contribution is 7.80. The molecule has 4 N–H and O–H groups in total. The number of hydrogen-bond acceptors (Lipinski definition) is 4. The first-order valence-electron chi connectivity index (χ1n) is 7.45. The molecular formula is C15H22N4OS. The van der Waals surface area contributed by atoms with Crippen LogP contribution in [0.4, 0.5) is 5.82 Å². The molecule has 2 rings (SSSR count). The molecule has 6 heteroatoms. The van der Waals surface area contributed by atoms with Crippen molar-refractivity contribution in [1.82, 2.24) is 10.3 Å². The summed E-state index contributed by atoms with van der Waals surface area (Å²) in [5.41, 5.74) is 8.95. The molecule has 0 bridgehead atoms. The normalized spacial score (nSPS) is 13.4. The molecule has 1 aliphatic rings. The summed E-state index contributed by atoms with van der Waals surface area (Å²) in [6.07, 6.45) is 4.80. The third kappa shape index (κ3) is 4.14. The highest BCUT2D eigenvalue weighted by Gasteiger charge is 2.16. The molecule has 21 heavy (non-hydrogen) atoms. The van der Waals surface area contributed by atoms with Gasteiger partial charge in [0.15, 0.2) is 0 Å². The number of aromatic nitrogens is 1. The van der Waals surface area contributed by atoms with Crippen molar-refractivity contribution in [2.45, 2.75) is 39.0 Å². The molecule has 0 atom stereocenters. The molecule has 0 saturated heterocycles. The van der Waals surface area contributed by atoms with Crippen LogP contribution in [-0.2, 0) is 17.6 Å². The van der Waals surface area contributed by atoms with Crippen LogP contribution in [0.5, 0.6) is 0 Å². The Kier molecular flexibility index (Phi) is 5.50. The van der Waals surface area contributed by atoms with Crippen molar-refractivity contribution in [3.05, 3.63) is 22.9 Å². The number of carbonyl (C=O) groups excluding carboxylic acids is 1. The molecule has 0 spiro atoms. The summed E-state index contributed by atoms with van der Waals surface area (Å²) < 4.78 is 0. The van der Waals surface area contributed by atoms with Crippen LogP contribution < -0.4 is 16.4 Å². The number of anilines is 1. The van der Waals surface area contributed by atoms with Crippen LogP contribution in [-0.4, -0.2) is 29.0 Å². The monoisotopic (exact) mass is 306 g/mol. The van der Waals surface area contributed by atoms with Gasteiger partial charge in [0, 0.05) is 25.2 Å². The summed E-state index contributed by atoms with van der Waals surface area (Å²) in [4.78, 5) is 16.5. The molecule has 1 aliphatic carbocycles. The van der Waals surface area contributed by atoms with Crippen molar-refractivity contribution in [2.75, 3.05) is 18.4 Å². The summed E-state index contributed by atoms with van der Waals surface area (Å²) in [5, 5.41) is 5.96. The molecule has 0 aromatic carbocycles. The molecule has 5 nitrogen and oxygen atoms in total. The van der Waals surface area contributed by atoms with Gasteiger partial charge < -0.3 is 16.4 Å². The summed E-state index contributed by atoms with van der Waals surface area (Å²) in [7, 11) is 0. The van der Waals surface area contributed by atoms with Gasteiger partial charge in [0.25, 0.3) is 0 Å². The molecule has 114 valence electrons. The minimum Gasteiger partial charge on any atom is -0.389 e. The van der Waals surface area contributed by atoms with E-state index in [1.54, 1.807) is 0 Å². The van der Waals surface area contributed by atoms with Crippen molar-refractivity contribution < 1.29 is 4.79 Å². The maximum absolute atomic E-state index is 11.5. The largest absolute Gasteiger partial charge is 0.389 e. The molecule has 0 radical (unpaired) electrons. The van der Waals surface area contributed by atoms with Gasteiger partial charge in [0.05, 0.1) is 5.56 Å². The maximum atomic E-state index is 11.5. The molecule has 0 saturated carbocycles. The van der Waals surface area contributed by atoms with Crippen molar-refractivity contribution in [2.24, 2.45) is 5.73 Å². The molecule has 1 amide bonds. The van der Waals surface area contributed by atoms with E-state index in [-0.39, 0.29) is 5.91 Å². The lowest BCUT2D eigenvalue weighted by Crippen LogP contribution is -2.25. The van der Waals surface area contributed by atoms with Gasteiger partial charge in [-0.15, -0.1) is 0 Å². The maximum Gasteiger partial charge on any atom is 0.221 e. The summed E-state index contributed by atoms with van der Waals surface area (Å²) in [6, 6.07) is 2.05. The molecular weight excluding hydrogens is 284 g/mol. The van der Waals surface area contributed by atoms with Crippen molar-refractivity contribution in [3.8, 4) is 0 Å². The van der Waals surface area contributed by atoms with Gasteiger partial charge in [-0.2, -0.15) is 0 Å². The van der Waals surface area contributed by atoms with E-state index in [1.165, 1.54) is 18.4 Å². The Labute approximate surface area is 130 Å². The van der Waals surface area contributed by atoms with Crippen LogP contribution in [0.15, 0.2) is 6.07 Å². The number of pyridine rings is 1. The Hall–Kier alpha value is -1.69. The van der Waals surface area contributed by atoms with Gasteiger partial charge in [-0.1, -0.05) is 12.2 Å². The lowest BCUT2D eigenvalue weighted by Gasteiger charge is -2.19. The number of carbonyl (C=O) groups is 1. The summed E-state index contributed by atoms with van der Waals surface area (Å²) >= 11 is 5.12. The number of rotatable bonds is 6. The van der Waals surface area contributed by atoms with Gasteiger partial charge in [-0.25, -0.2) is 4.98 Å². The van der Waals surface area contributed by atoms with E-state index < -0.39 is 0 Å². The standard InChI is InChI=1S/C15H22N4OS/c1-2-17-13(20)7-8-18-15-11(14(16)21)9-10-5-3-4-6-12(10)19-15/h9H,2-8H2,1H3,(H2,16,21)(H,17,20)(H,18,19). The molecule has 0 aliphatic heterocycles. The zero-order valence-electron chi connectivity index (χ0n) is 12.4. The average Bonchev–Trinajstić information content (AvgIpc) is 2.46. The first-order valence-corrected chi connectivity index (χ1v) is 7.85. The predicted octanol–water partition coefficient (Wildman–Crippen LogP) is 1.53. The van der Waals surface area contributed by atoms with Crippen LogP contribution in [0, 0.1) is 0 Å². The number of nitrogens with one attached hydrogen (secondary N) is 2. The van der Waals surface area contributed by atoms with E-state index in [4.69, 9.17) is 18.0 Å². The second-order valence-electron chi connectivity index (χ2n) is 5.19. The Morgan fingerprint density at radius 3 is 2.90 bits per heavy atom. The fourth-order valence-electron chi connectivity index (χ4n) is 2.54. The molecule has 1 aromatic rings. The summed E-state index contributed by atoms with van der Waals surface area (Å²) in [5.74, 6) is 0.729. The van der Waals surface area contributed by atoms with E-state index in [0.717, 1.165) is 24.1 Å². The van der Waals surface area contributed by atoms with Gasteiger partial charge >= 0.3 is 0 Å². The first-order chi connectivity index (χ1) is 10.1. The zero-order chi connectivity index (χ0) is 15.2. The smallest absolute Gasteiger partial charge is 0.221 e. The SMILES string of the molecule is CCNC(=O)CCNc1nc2c(cc1C(N)=S)CCCC2. The third-order valence-electron chi connectivity index (χ3n) is 3.58. The Morgan fingerprint density at radius 1 is 1.43 bits per heavy atom. The number of fused-ring (bicyclic) bond motifs is 1. The van der Waals surface area contributed by atoms with E-state index in [1.807, 2.05) is 6.92 Å². The quantitative estimate of drug-likeness (QED) is 0.695. The van der Waals surface area contributed by atoms with E-state index in [0.29, 0.717) is 30.3 Å². The van der Waals surface area contributed by atoms with E-state index >= 15 is 0 Å². The summed E-state index contributed by atoms with van der Waals surface area (Å²) in [6.45, 7) is 3.07. The fraction of sp³-hybridized carbons (Fsp3) is 0.533. The highest BCUT2D eigenvalue weighted by atomic mass is 32.1. The topological polar surface area (TPSA) is 80.0 Å². The minimum atomic E-state index is 0.0276. The van der Waals surface area contributed by atoms with E-state index in [2.05, 4.69) is 21.7 Å². The van der Waals surface area contributed by atoms with Crippen LogP contribution in [0.2, 0.25) is 0 Å². The van der Waals surface area contributed by atoms with Gasteiger partial charge in [-0.3, -0.25) is 4.79 Å². The predicted molar refractivity (Wildman–Crippen MR) is 88.6 cm³/mol. The van der Waals surface area contributed by atoms with Crippen LogP contribution in [0.25, 0.3) is 0 Å². The van der Waals surface area contributed by atoms with Gasteiger partial charge in [0.2, 0.25) is 5.91 Å². The third-order valence-corrected chi connectivity index (χ3v) is 3.80. The number of hydrogen-bond donors (Lipinski definition) is 3. The van der Waals surface area contributed by atoms with Gasteiger partial charge in [0.1, 0.15) is 10.8 Å². The van der Waals surface area contributed by atoms with Crippen LogP contribution in [0.3, 0.4) is 0 Å². The van der Waals surface area contributed by atoms with Crippen LogP contribution in [0.1, 0.15) is 43.0 Å². The molecule has 1 aromatic heterocycles. The van der Waals surface area contributed by atoms with Crippen LogP contribution >= 0.6 is 12.2 Å². The van der Waals surface area contributed by atoms with Gasteiger partial charge in [-0.05, 0) is 44.2 Å². The van der Waals surface area contributed by atoms with E-state index in [9.17, 15) is 4.79 Å².